The predicted molar refractivity (Wildman–Crippen MR) is 104 cm³/mol. The van der Waals surface area contributed by atoms with Gasteiger partial charge in [0.2, 0.25) is 0 Å². The van der Waals surface area contributed by atoms with Crippen molar-refractivity contribution < 1.29 is 41.0 Å². The molecule has 0 aliphatic heterocycles. The molecule has 0 atom stereocenters. The summed E-state index contributed by atoms with van der Waals surface area (Å²) in [5, 5.41) is 8.43. The van der Waals surface area contributed by atoms with Gasteiger partial charge in [-0.3, -0.25) is 4.79 Å². The number of carboxylic acids is 1. The number of aromatic nitrogens is 1. The van der Waals surface area contributed by atoms with E-state index < -0.39 is 53.2 Å². The van der Waals surface area contributed by atoms with E-state index in [0.717, 1.165) is 24.3 Å². The van der Waals surface area contributed by atoms with Gasteiger partial charge in [0.15, 0.2) is 23.1 Å². The maximum Gasteiger partial charge on any atom is 0.434 e. The van der Waals surface area contributed by atoms with Crippen molar-refractivity contribution in [2.75, 3.05) is 0 Å². The van der Waals surface area contributed by atoms with E-state index in [9.17, 15) is 31.1 Å². The van der Waals surface area contributed by atoms with Crippen LogP contribution in [0.5, 0.6) is 5.75 Å². The molecule has 0 saturated carbocycles. The highest BCUT2D eigenvalue weighted by atomic mass is 35.5. The van der Waals surface area contributed by atoms with Gasteiger partial charge in [-0.25, -0.2) is 13.2 Å². The van der Waals surface area contributed by atoms with Gasteiger partial charge in [0.05, 0.1) is 9.90 Å². The van der Waals surface area contributed by atoms with Crippen LogP contribution < -0.4 is 4.74 Å². The molecule has 0 amide bonds. The van der Waals surface area contributed by atoms with Crippen LogP contribution in [0.15, 0.2) is 30.3 Å². The lowest BCUT2D eigenvalue weighted by atomic mass is 10.1. The Hall–Kier alpha value is -2.79. The summed E-state index contributed by atoms with van der Waals surface area (Å²) in [6.07, 6.45) is -5.41. The van der Waals surface area contributed by atoms with Crippen molar-refractivity contribution in [2.24, 2.45) is 0 Å². The third kappa shape index (κ3) is 5.33. The molecule has 1 N–H and O–H groups in total. The minimum Gasteiger partial charge on any atom is -0.483 e. The molecule has 0 unspecified atom stereocenters. The van der Waals surface area contributed by atoms with Gasteiger partial charge in [-0.05, 0) is 53.3 Å². The number of hydrogen-bond acceptors (Lipinski definition) is 4. The minimum absolute atomic E-state index is 0.0310. The summed E-state index contributed by atoms with van der Waals surface area (Å²) in [6, 6.07) is 5.03. The van der Waals surface area contributed by atoms with E-state index in [0.29, 0.717) is 11.5 Å². The van der Waals surface area contributed by atoms with E-state index >= 15 is 0 Å². The Morgan fingerprint density at radius 2 is 1.75 bits per heavy atom. The first-order valence-electron chi connectivity index (χ1n) is 8.81. The zero-order valence-corrected chi connectivity index (χ0v) is 17.3. The van der Waals surface area contributed by atoms with Crippen molar-refractivity contribution in [1.29, 1.82) is 0 Å². The molecule has 0 aliphatic carbocycles. The number of halogens is 7. The Morgan fingerprint density at radius 1 is 1.09 bits per heavy atom. The summed E-state index contributed by atoms with van der Waals surface area (Å²) < 4.78 is 91.0. The zero-order chi connectivity index (χ0) is 23.6. The lowest BCUT2D eigenvalue weighted by Crippen LogP contribution is -2.11. The van der Waals surface area contributed by atoms with Crippen molar-refractivity contribution in [3.63, 3.8) is 0 Å². The maximum atomic E-state index is 14.3. The largest absolute Gasteiger partial charge is 0.483 e. The first kappa shape index (κ1) is 23.9. The summed E-state index contributed by atoms with van der Waals surface area (Å²) in [5.41, 5.74) is -1.78. The van der Waals surface area contributed by atoms with Crippen LogP contribution in [-0.4, -0.2) is 15.4 Å². The molecule has 0 bridgehead atoms. The van der Waals surface area contributed by atoms with Gasteiger partial charge in [0, 0.05) is 12.0 Å². The van der Waals surface area contributed by atoms with E-state index in [-0.39, 0.29) is 33.9 Å². The molecule has 1 heterocycles. The van der Waals surface area contributed by atoms with Crippen LogP contribution >= 0.6 is 23.1 Å². The predicted octanol–water partition coefficient (Wildman–Crippen LogP) is 6.50. The summed E-state index contributed by atoms with van der Waals surface area (Å²) >= 11 is 6.03. The lowest BCUT2D eigenvalue weighted by Gasteiger charge is -2.13. The molecule has 0 aliphatic rings. The Labute approximate surface area is 186 Å². The van der Waals surface area contributed by atoms with Crippen LogP contribution in [0, 0.1) is 17.5 Å². The normalized spacial score (nSPS) is 11.6. The van der Waals surface area contributed by atoms with Crippen LogP contribution in [0.4, 0.5) is 26.3 Å². The fourth-order valence-electron chi connectivity index (χ4n) is 2.82. The smallest absolute Gasteiger partial charge is 0.434 e. The summed E-state index contributed by atoms with van der Waals surface area (Å²) in [5.74, 6) is -5.38. The Morgan fingerprint density at radius 3 is 2.31 bits per heavy atom. The molecule has 32 heavy (non-hydrogen) atoms. The van der Waals surface area contributed by atoms with Crippen molar-refractivity contribution in [1.82, 2.24) is 4.37 Å². The van der Waals surface area contributed by atoms with E-state index in [1.165, 1.54) is 6.07 Å². The minimum atomic E-state index is -4.89. The average molecular weight is 496 g/mol. The number of carbonyl (C=O) groups is 1. The molecular formula is C20H12ClF6NO3S. The average Bonchev–Trinajstić information content (AvgIpc) is 3.12. The Bertz CT molecular complexity index is 1140. The van der Waals surface area contributed by atoms with Gasteiger partial charge >= 0.3 is 12.1 Å². The maximum absolute atomic E-state index is 14.3. The number of aliphatic carboxylic acids is 1. The quantitative estimate of drug-likeness (QED) is 0.380. The Kier molecular flexibility index (Phi) is 6.99. The summed E-state index contributed by atoms with van der Waals surface area (Å²) in [6.45, 7) is -0.909. The van der Waals surface area contributed by atoms with Gasteiger partial charge in [0.25, 0.3) is 0 Å². The first-order valence-corrected chi connectivity index (χ1v) is 9.96. The highest BCUT2D eigenvalue weighted by Crippen LogP contribution is 2.40. The molecule has 0 radical (unpaired) electrons. The number of ether oxygens (including phenoxy) is 1. The van der Waals surface area contributed by atoms with Crippen LogP contribution in [0.3, 0.4) is 0 Å². The van der Waals surface area contributed by atoms with Crippen LogP contribution in [0.1, 0.15) is 23.2 Å². The second-order valence-corrected chi connectivity index (χ2v) is 7.72. The topological polar surface area (TPSA) is 59.4 Å². The van der Waals surface area contributed by atoms with E-state index in [4.69, 9.17) is 21.4 Å². The number of benzene rings is 2. The first-order chi connectivity index (χ1) is 15.0. The summed E-state index contributed by atoms with van der Waals surface area (Å²) in [7, 11) is 0. The fourth-order valence-corrected chi connectivity index (χ4v) is 3.83. The third-order valence-corrected chi connectivity index (χ3v) is 5.53. The standard InChI is InChI=1S/C20H12ClF6NO3S/c21-12-3-2-10(7-13(12)22)18-11(19(28-32-18)20(25,26)27)8-31-17-14(23)5-9(6-15(17)24)1-4-16(29)30/h2-3,5-7H,1,4,8H2,(H,29,30). The molecule has 1 aromatic heterocycles. The molecule has 2 aromatic carbocycles. The van der Waals surface area contributed by atoms with E-state index in [1.54, 1.807) is 0 Å². The van der Waals surface area contributed by atoms with Crippen LogP contribution in [-0.2, 0) is 24.0 Å². The zero-order valence-electron chi connectivity index (χ0n) is 15.8. The molecule has 3 aromatic rings. The monoisotopic (exact) mass is 495 g/mol. The molecule has 0 saturated heterocycles. The van der Waals surface area contributed by atoms with Crippen LogP contribution in [0.2, 0.25) is 5.02 Å². The third-order valence-electron chi connectivity index (χ3n) is 4.28. The van der Waals surface area contributed by atoms with Gasteiger partial charge in [-0.1, -0.05) is 17.7 Å². The van der Waals surface area contributed by atoms with E-state index in [2.05, 4.69) is 4.37 Å². The Balaban J connectivity index is 1.94. The van der Waals surface area contributed by atoms with Crippen LogP contribution in [0.25, 0.3) is 10.4 Å². The van der Waals surface area contributed by atoms with E-state index in [1.807, 2.05) is 0 Å². The molecule has 0 spiro atoms. The van der Waals surface area contributed by atoms with Crippen molar-refractivity contribution in [2.45, 2.75) is 25.6 Å². The molecule has 12 heteroatoms. The molecule has 4 nitrogen and oxygen atoms in total. The van der Waals surface area contributed by atoms with Gasteiger partial charge in [0.1, 0.15) is 12.4 Å². The summed E-state index contributed by atoms with van der Waals surface area (Å²) in [4.78, 5) is 10.5. The van der Waals surface area contributed by atoms with Crippen molar-refractivity contribution in [3.8, 4) is 16.2 Å². The van der Waals surface area contributed by atoms with Gasteiger partial charge in [-0.15, -0.1) is 0 Å². The molecule has 170 valence electrons. The van der Waals surface area contributed by atoms with Gasteiger partial charge < -0.3 is 9.84 Å². The van der Waals surface area contributed by atoms with Gasteiger partial charge in [-0.2, -0.15) is 17.5 Å². The number of alkyl halides is 3. The number of carboxylic acid groups (broad SMARTS) is 1. The van der Waals surface area contributed by atoms with Crippen molar-refractivity contribution in [3.05, 3.63) is 69.6 Å². The highest BCUT2D eigenvalue weighted by molar-refractivity contribution is 7.09. The van der Waals surface area contributed by atoms with Crippen molar-refractivity contribution >= 4 is 29.1 Å². The number of nitrogens with zero attached hydrogens (tertiary/aromatic N) is 1. The second-order valence-electron chi connectivity index (χ2n) is 6.54. The second kappa shape index (κ2) is 9.37. The lowest BCUT2D eigenvalue weighted by molar-refractivity contribution is -0.141. The SMILES string of the molecule is O=C(O)CCc1cc(F)c(OCc2c(C(F)(F)F)nsc2-c2ccc(Cl)c(F)c2)c(F)c1. The molecule has 3 rings (SSSR count). The highest BCUT2D eigenvalue weighted by Gasteiger charge is 2.38. The fraction of sp³-hybridized carbons (Fsp3) is 0.200. The number of aryl methyl sites for hydroxylation is 1. The molecule has 0 fully saturated rings. The molecular weight excluding hydrogens is 484 g/mol. The number of hydrogen-bond donors (Lipinski definition) is 1. The number of rotatable bonds is 7.